The number of hydrogen-bond acceptors (Lipinski definition) is 5. The van der Waals surface area contributed by atoms with Gasteiger partial charge in [0.2, 0.25) is 0 Å². The minimum atomic E-state index is -0.445. The molecule has 0 aliphatic carbocycles. The number of rotatable bonds is 7. The third-order valence-corrected chi connectivity index (χ3v) is 6.02. The third kappa shape index (κ3) is 5.76. The van der Waals surface area contributed by atoms with Crippen molar-refractivity contribution in [2.24, 2.45) is 0 Å². The van der Waals surface area contributed by atoms with Crippen molar-refractivity contribution >= 4 is 30.1 Å². The molecule has 1 N–H and O–H groups in total. The molecule has 4 rings (SSSR count). The van der Waals surface area contributed by atoms with Crippen molar-refractivity contribution in [3.63, 3.8) is 0 Å². The molecule has 2 aliphatic rings. The van der Waals surface area contributed by atoms with Crippen molar-refractivity contribution < 1.29 is 18.8 Å². The summed E-state index contributed by atoms with van der Waals surface area (Å²) < 4.78 is 13.1. The van der Waals surface area contributed by atoms with Gasteiger partial charge in [-0.1, -0.05) is 12.1 Å². The van der Waals surface area contributed by atoms with E-state index in [1.54, 1.807) is 18.2 Å². The molecule has 9 heteroatoms. The Hall–Kier alpha value is -2.81. The smallest absolute Gasteiger partial charge is 0.261 e. The molecule has 7 nitrogen and oxygen atoms in total. The van der Waals surface area contributed by atoms with Crippen LogP contribution in [0, 0.1) is 5.82 Å². The van der Waals surface area contributed by atoms with Crippen LogP contribution in [0.5, 0.6) is 0 Å². The van der Waals surface area contributed by atoms with Crippen LogP contribution in [0.4, 0.5) is 4.39 Å². The number of likely N-dealkylation sites (N-methyl/N-ethyl adjacent to an activating group) is 1. The number of nitrogens with zero attached hydrogens (tertiary/aromatic N) is 3. The second kappa shape index (κ2) is 10.9. The van der Waals surface area contributed by atoms with Gasteiger partial charge >= 0.3 is 0 Å². The molecule has 0 radical (unpaired) electrons. The molecule has 2 heterocycles. The molecule has 0 unspecified atom stereocenters. The van der Waals surface area contributed by atoms with Crippen molar-refractivity contribution in [2.75, 3.05) is 46.3 Å². The van der Waals surface area contributed by atoms with Gasteiger partial charge in [0.1, 0.15) is 5.82 Å². The van der Waals surface area contributed by atoms with E-state index in [-0.39, 0.29) is 41.8 Å². The van der Waals surface area contributed by atoms with Crippen LogP contribution in [0.25, 0.3) is 0 Å². The van der Waals surface area contributed by atoms with E-state index in [9.17, 15) is 18.8 Å². The quantitative estimate of drug-likeness (QED) is 0.493. The Morgan fingerprint density at radius 2 is 1.64 bits per heavy atom. The summed E-state index contributed by atoms with van der Waals surface area (Å²) in [5.41, 5.74) is 1.51. The van der Waals surface area contributed by atoms with E-state index in [0.29, 0.717) is 17.7 Å². The largest absolute Gasteiger partial charge is 0.352 e. The van der Waals surface area contributed by atoms with Gasteiger partial charge in [-0.3, -0.25) is 19.3 Å². The molecule has 0 bridgehead atoms. The molecule has 2 aliphatic heterocycles. The first-order chi connectivity index (χ1) is 15.4. The first-order valence-electron chi connectivity index (χ1n) is 10.9. The molecule has 3 amide bonds. The van der Waals surface area contributed by atoms with E-state index in [2.05, 4.69) is 22.2 Å². The van der Waals surface area contributed by atoms with Gasteiger partial charge in [-0.05, 0) is 55.9 Å². The summed E-state index contributed by atoms with van der Waals surface area (Å²) in [6.07, 6.45) is 0.850. The lowest BCUT2D eigenvalue weighted by atomic mass is 10.1. The average molecular weight is 475 g/mol. The fourth-order valence-electron chi connectivity index (χ4n) is 4.03. The van der Waals surface area contributed by atoms with Crippen LogP contribution in [0.1, 0.15) is 43.1 Å². The number of hydrogen-bond donors (Lipinski definition) is 1. The first-order valence-corrected chi connectivity index (χ1v) is 10.9. The monoisotopic (exact) mass is 474 g/mol. The summed E-state index contributed by atoms with van der Waals surface area (Å²) >= 11 is 0. The predicted molar refractivity (Wildman–Crippen MR) is 125 cm³/mol. The number of piperazine rings is 1. The molecule has 33 heavy (non-hydrogen) atoms. The van der Waals surface area contributed by atoms with Crippen LogP contribution in [0.15, 0.2) is 42.5 Å². The number of carbonyl (C=O) groups excluding carboxylic acids is 3. The number of fused-ring (bicyclic) bond motifs is 1. The summed E-state index contributed by atoms with van der Waals surface area (Å²) in [5, 5.41) is 2.90. The fourth-order valence-corrected chi connectivity index (χ4v) is 4.03. The fraction of sp³-hybridized carbons (Fsp3) is 0.375. The van der Waals surface area contributed by atoms with E-state index < -0.39 is 11.8 Å². The Bertz CT molecular complexity index is 1020. The second-order valence-corrected chi connectivity index (χ2v) is 8.34. The SMILES string of the molecule is CN1CCN(CCCNC(=O)c2ccc3c(c2)C(=O)N(Cc2ccc(F)cc2)C3=O)CC1.Cl. The zero-order valence-corrected chi connectivity index (χ0v) is 19.4. The van der Waals surface area contributed by atoms with Crippen LogP contribution in [-0.4, -0.2) is 78.7 Å². The second-order valence-electron chi connectivity index (χ2n) is 8.34. The summed E-state index contributed by atoms with van der Waals surface area (Å²) in [4.78, 5) is 43.8. The first kappa shape index (κ1) is 24.8. The van der Waals surface area contributed by atoms with Crippen molar-refractivity contribution in [3.05, 3.63) is 70.5 Å². The Balaban J connectivity index is 0.00000306. The molecular formula is C24H28ClFN4O3. The molecule has 0 spiro atoms. The molecule has 2 aromatic carbocycles. The van der Waals surface area contributed by atoms with Crippen molar-refractivity contribution in [1.82, 2.24) is 20.0 Å². The standard InChI is InChI=1S/C24H27FN4O3.ClH/c1-27-11-13-28(14-12-27)10-2-9-26-22(30)18-5-8-20-21(15-18)24(32)29(23(20)31)16-17-3-6-19(25)7-4-17;/h3-8,15H,2,9-14,16H2,1H3,(H,26,30);1H. The van der Waals surface area contributed by atoms with Crippen molar-refractivity contribution in [2.45, 2.75) is 13.0 Å². The summed E-state index contributed by atoms with van der Waals surface area (Å²) in [7, 11) is 2.12. The van der Waals surface area contributed by atoms with E-state index in [4.69, 9.17) is 0 Å². The van der Waals surface area contributed by atoms with Crippen molar-refractivity contribution in [3.8, 4) is 0 Å². The highest BCUT2D eigenvalue weighted by atomic mass is 35.5. The Morgan fingerprint density at radius 1 is 0.970 bits per heavy atom. The maximum atomic E-state index is 13.1. The van der Waals surface area contributed by atoms with Gasteiger partial charge in [-0.15, -0.1) is 12.4 Å². The molecule has 0 saturated carbocycles. The number of benzene rings is 2. The lowest BCUT2D eigenvalue weighted by Crippen LogP contribution is -2.45. The minimum absolute atomic E-state index is 0. The number of carbonyl (C=O) groups is 3. The Labute approximate surface area is 198 Å². The number of halogens is 2. The number of imide groups is 1. The molecule has 1 fully saturated rings. The molecule has 1 saturated heterocycles. The zero-order valence-electron chi connectivity index (χ0n) is 18.6. The maximum absolute atomic E-state index is 13.1. The Kier molecular flexibility index (Phi) is 8.18. The van der Waals surface area contributed by atoms with E-state index >= 15 is 0 Å². The molecular weight excluding hydrogens is 447 g/mol. The van der Waals surface area contributed by atoms with Crippen molar-refractivity contribution in [1.29, 1.82) is 0 Å². The topological polar surface area (TPSA) is 73.0 Å². The molecule has 0 aromatic heterocycles. The van der Waals surface area contributed by atoms with Gasteiger partial charge in [-0.25, -0.2) is 4.39 Å². The van der Waals surface area contributed by atoms with Crippen LogP contribution in [0.3, 0.4) is 0 Å². The normalized spacial score (nSPS) is 16.5. The summed E-state index contributed by atoms with van der Waals surface area (Å²) in [6.45, 7) is 5.74. The van der Waals surface area contributed by atoms with E-state index in [1.807, 2.05) is 0 Å². The van der Waals surface area contributed by atoms with Gasteiger partial charge in [0.25, 0.3) is 17.7 Å². The molecule has 176 valence electrons. The van der Waals surface area contributed by atoms with Gasteiger partial charge < -0.3 is 15.1 Å². The molecule has 0 atom stereocenters. The predicted octanol–water partition coefficient (Wildman–Crippen LogP) is 2.41. The average Bonchev–Trinajstić information content (AvgIpc) is 3.03. The summed E-state index contributed by atoms with van der Waals surface area (Å²) in [5.74, 6) is -1.49. The van der Waals surface area contributed by atoms with Gasteiger partial charge in [-0.2, -0.15) is 0 Å². The maximum Gasteiger partial charge on any atom is 0.261 e. The number of nitrogens with one attached hydrogen (secondary N) is 1. The van der Waals surface area contributed by atoms with Crippen LogP contribution in [-0.2, 0) is 6.54 Å². The van der Waals surface area contributed by atoms with E-state index in [1.165, 1.54) is 24.3 Å². The van der Waals surface area contributed by atoms with E-state index in [0.717, 1.165) is 44.0 Å². The van der Waals surface area contributed by atoms with Crippen LogP contribution in [0.2, 0.25) is 0 Å². The Morgan fingerprint density at radius 3 is 2.33 bits per heavy atom. The van der Waals surface area contributed by atoms with Gasteiger partial charge in [0, 0.05) is 38.3 Å². The zero-order chi connectivity index (χ0) is 22.7. The van der Waals surface area contributed by atoms with Crippen LogP contribution < -0.4 is 5.32 Å². The molecule has 2 aromatic rings. The van der Waals surface area contributed by atoms with Gasteiger partial charge in [0.15, 0.2) is 0 Å². The van der Waals surface area contributed by atoms with Crippen LogP contribution >= 0.6 is 12.4 Å². The lowest BCUT2D eigenvalue weighted by molar-refractivity contribution is 0.0642. The third-order valence-electron chi connectivity index (χ3n) is 6.02. The highest BCUT2D eigenvalue weighted by molar-refractivity contribution is 6.22. The summed E-state index contributed by atoms with van der Waals surface area (Å²) in [6, 6.07) is 10.2. The minimum Gasteiger partial charge on any atom is -0.352 e. The highest BCUT2D eigenvalue weighted by Crippen LogP contribution is 2.25. The lowest BCUT2D eigenvalue weighted by Gasteiger charge is -2.32. The highest BCUT2D eigenvalue weighted by Gasteiger charge is 2.36. The number of amides is 3. The van der Waals surface area contributed by atoms with Gasteiger partial charge in [0.05, 0.1) is 17.7 Å².